The van der Waals surface area contributed by atoms with Gasteiger partial charge in [0, 0.05) is 19.3 Å². The number of cyclic esters (lactones) is 1. The average molecular weight is 1230 g/mol. The summed E-state index contributed by atoms with van der Waals surface area (Å²) >= 11 is 5.89. The molecule has 0 aliphatic carbocycles. The lowest BCUT2D eigenvalue weighted by Crippen LogP contribution is -2.78. The third-order valence-electron chi connectivity index (χ3n) is 13.1. The van der Waals surface area contributed by atoms with Crippen LogP contribution in [0.4, 0.5) is 0 Å². The number of carbonyl (C=O) groups is 11. The number of halogens is 1. The molecule has 31 nitrogen and oxygen atoms in total. The SMILES string of the molecule is CC/C=C1\NC(=O)[C@H](Cc2ccccc2)NC(=O)[C@H](CCC[NH+]=C(N)N)NC(=O)[C@H](CC[NH3+])NC(=O)[C@H](CC[NH3+])NC(=O)[C@H](CO)NC(=O)[C@@H](NC(=O)CC(O)CCCCCCCC)COC(=O)[C@H]([C@H](O)CCl)NC(=O)[C@@H](C(O)C(=O)[O-])NC1=O. The van der Waals surface area contributed by atoms with Crippen molar-refractivity contribution in [3.63, 3.8) is 0 Å². The second-order valence-electron chi connectivity index (χ2n) is 20.1. The molecule has 0 spiro atoms. The molecule has 1 aliphatic heterocycles. The molecule has 24 N–H and O–H groups in total. The third kappa shape index (κ3) is 26.9. The number of ether oxygens (including phenoxy) is 1. The van der Waals surface area contributed by atoms with Gasteiger partial charge in [-0.1, -0.05) is 88.8 Å². The van der Waals surface area contributed by atoms with E-state index in [1.54, 1.807) is 30.3 Å². The molecular weight excluding hydrogens is 1140 g/mol. The Morgan fingerprint density at radius 2 is 1.28 bits per heavy atom. The molecule has 0 bridgehead atoms. The minimum Gasteiger partial charge on any atom is -0.547 e. The molecule has 1 heterocycles. The zero-order chi connectivity index (χ0) is 63.6. The van der Waals surface area contributed by atoms with Crippen molar-refractivity contribution in [3.8, 4) is 0 Å². The van der Waals surface area contributed by atoms with Crippen molar-refractivity contribution >= 4 is 82.7 Å². The van der Waals surface area contributed by atoms with Gasteiger partial charge in [0.05, 0.1) is 56.7 Å². The van der Waals surface area contributed by atoms with Crippen LogP contribution in [0.3, 0.4) is 0 Å². The number of aliphatic hydroxyl groups excluding tert-OH is 4. The van der Waals surface area contributed by atoms with E-state index in [4.69, 9.17) is 27.8 Å². The van der Waals surface area contributed by atoms with Gasteiger partial charge in [0.1, 0.15) is 60.7 Å². The van der Waals surface area contributed by atoms with Crippen LogP contribution in [0.15, 0.2) is 42.1 Å². The van der Waals surface area contributed by atoms with Crippen LogP contribution in [0, 0.1) is 0 Å². The summed E-state index contributed by atoms with van der Waals surface area (Å²) in [5.41, 5.74) is 18.5. The van der Waals surface area contributed by atoms with E-state index in [0.717, 1.165) is 38.2 Å². The third-order valence-corrected chi connectivity index (χ3v) is 13.4. The number of quaternary nitrogens is 2. The molecule has 2 rings (SSSR count). The molecule has 0 saturated carbocycles. The highest BCUT2D eigenvalue weighted by atomic mass is 35.5. The van der Waals surface area contributed by atoms with Gasteiger partial charge in [-0.3, -0.25) is 59.6 Å². The van der Waals surface area contributed by atoms with E-state index in [-0.39, 0.29) is 70.5 Å². The van der Waals surface area contributed by atoms with E-state index in [1.807, 2.05) is 10.6 Å². The van der Waals surface area contributed by atoms with E-state index in [0.29, 0.717) is 12.0 Å². The Kier molecular flexibility index (Phi) is 34.5. The second-order valence-corrected chi connectivity index (χ2v) is 20.4. The number of alkyl halides is 1. The van der Waals surface area contributed by atoms with Crippen molar-refractivity contribution in [3.05, 3.63) is 47.7 Å². The minimum absolute atomic E-state index is 0.00190. The molecule has 1 fully saturated rings. The molecule has 85 heavy (non-hydrogen) atoms. The van der Waals surface area contributed by atoms with Gasteiger partial charge in [0.15, 0.2) is 6.04 Å². The maximum Gasteiger partial charge on any atom is 0.338 e. The summed E-state index contributed by atoms with van der Waals surface area (Å²) in [6.45, 7) is 1.36. The quantitative estimate of drug-likeness (QED) is 0.0102. The fraction of sp³-hybridized carbons (Fsp3) is 0.623. The van der Waals surface area contributed by atoms with Crippen molar-refractivity contribution < 1.29 is 99.5 Å². The number of unbranched alkanes of at least 4 members (excludes halogenated alkanes) is 5. The van der Waals surface area contributed by atoms with Crippen LogP contribution < -0.4 is 80.9 Å². The fourth-order valence-corrected chi connectivity index (χ4v) is 8.63. The van der Waals surface area contributed by atoms with Gasteiger partial charge >= 0.3 is 11.9 Å². The topological polar surface area (TPSA) is 531 Å². The van der Waals surface area contributed by atoms with Gasteiger partial charge in [-0.05, 0) is 31.2 Å². The van der Waals surface area contributed by atoms with Crippen LogP contribution >= 0.6 is 11.6 Å². The first-order valence-corrected chi connectivity index (χ1v) is 28.7. The first kappa shape index (κ1) is 73.6. The number of allylic oxidation sites excluding steroid dienone is 1. The van der Waals surface area contributed by atoms with Crippen LogP contribution in [0.5, 0.6) is 0 Å². The molecule has 0 radical (unpaired) electrons. The predicted octanol–water partition coefficient (Wildman–Crippen LogP) is -10.3. The Morgan fingerprint density at radius 1 is 0.729 bits per heavy atom. The standard InChI is InChI=1S/C53H85ClN14O17/c1-3-5-6-7-8-12-17-30(70)25-39(72)60-37-28-85-52(84)40(38(71)26-54)67-50(81)41(42(73)51(82)83)68-46(77)31(14-4-2)61-47(78)35(24-29-15-10-9-11-16-29)65-43(74)32(18-13-23-59-53(57)58)62-44(75)33(19-21-55)63-45(76)34(20-22-56)64-48(79)36(27-69)66-49(37)80/h9-11,14-16,30,32-38,40-42,69-71,73H,3-8,12-13,17-28,55-56H2,1-2H3,(H,60,72)(H,61,78)(H,62,75)(H,63,76)(H,64,79)(H,65,74)(H,66,80)(H,67,81)(H,68,77)(H,82,83)(H4,57,58,59)/p+2/b31-14-/t30?,32-,33-,34-,35-,36-,37-,38+,40-,41+,42?/m0/s1. The first-order chi connectivity index (χ1) is 40.4. The second kappa shape index (κ2) is 39.9. The average Bonchev–Trinajstić information content (AvgIpc) is 3.59. The van der Waals surface area contributed by atoms with Crippen LogP contribution in [-0.2, 0) is 63.9 Å². The Hall–Kier alpha value is -7.55. The number of carboxylic acid groups (broad SMARTS) is 1. The number of carbonyl (C=O) groups excluding carboxylic acids is 11. The molecule has 11 atom stereocenters. The molecule has 9 amide bonds. The lowest BCUT2D eigenvalue weighted by Gasteiger charge is -2.29. The van der Waals surface area contributed by atoms with Gasteiger partial charge in [0.2, 0.25) is 47.3 Å². The number of carboxylic acids is 1. The van der Waals surface area contributed by atoms with Gasteiger partial charge in [-0.25, -0.2) is 4.79 Å². The smallest absolute Gasteiger partial charge is 0.338 e. The molecule has 1 aliphatic rings. The van der Waals surface area contributed by atoms with Crippen molar-refractivity contribution in [2.75, 3.05) is 38.7 Å². The molecule has 1 saturated heterocycles. The molecule has 2 unspecified atom stereocenters. The van der Waals surface area contributed by atoms with Crippen LogP contribution in [-0.4, -0.2) is 197 Å². The van der Waals surface area contributed by atoms with E-state index < -0.39 is 163 Å². The molecular formula is C53H87ClN14O17+2. The fourth-order valence-electron chi connectivity index (χ4n) is 8.45. The van der Waals surface area contributed by atoms with E-state index in [9.17, 15) is 78.3 Å². The van der Waals surface area contributed by atoms with Gasteiger partial charge in [-0.15, -0.1) is 11.6 Å². The predicted molar refractivity (Wildman–Crippen MR) is 300 cm³/mol. The Morgan fingerprint density at radius 3 is 1.82 bits per heavy atom. The lowest BCUT2D eigenvalue weighted by atomic mass is 10.0. The summed E-state index contributed by atoms with van der Waals surface area (Å²) in [4.78, 5) is 155. The highest BCUT2D eigenvalue weighted by molar-refractivity contribution is 6.18. The van der Waals surface area contributed by atoms with Gasteiger partial charge in [0.25, 0.3) is 5.91 Å². The lowest BCUT2D eigenvalue weighted by molar-refractivity contribution is -0.459. The number of aliphatic carboxylic acids is 1. The van der Waals surface area contributed by atoms with Gasteiger partial charge in [-0.2, -0.15) is 0 Å². The number of benzene rings is 1. The number of amides is 9. The Balaban J connectivity index is 2.85. The van der Waals surface area contributed by atoms with E-state index in [2.05, 4.69) is 60.6 Å². The molecule has 476 valence electrons. The Labute approximate surface area is 496 Å². The summed E-state index contributed by atoms with van der Waals surface area (Å²) in [5.74, 6) is -15.5. The number of guanidine groups is 1. The number of hydrogen-bond donors (Lipinski definition) is 18. The van der Waals surface area contributed by atoms with Crippen molar-refractivity contribution in [1.29, 1.82) is 0 Å². The van der Waals surface area contributed by atoms with Crippen LogP contribution in [0.2, 0.25) is 0 Å². The normalized spacial score (nSPS) is 23.7. The zero-order valence-electron chi connectivity index (χ0n) is 48.0. The summed E-state index contributed by atoms with van der Waals surface area (Å²) in [6.07, 6.45) is -0.932. The van der Waals surface area contributed by atoms with Crippen LogP contribution in [0.25, 0.3) is 0 Å². The van der Waals surface area contributed by atoms with Crippen molar-refractivity contribution in [2.45, 2.75) is 170 Å². The largest absolute Gasteiger partial charge is 0.547 e. The number of nitrogens with one attached hydrogen (secondary N) is 10. The van der Waals surface area contributed by atoms with Crippen molar-refractivity contribution in [1.82, 2.24) is 47.9 Å². The highest BCUT2D eigenvalue weighted by Gasteiger charge is 2.39. The number of esters is 1. The molecule has 0 aromatic heterocycles. The van der Waals surface area contributed by atoms with E-state index in [1.165, 1.54) is 6.92 Å². The van der Waals surface area contributed by atoms with Gasteiger partial charge < -0.3 is 94.4 Å². The summed E-state index contributed by atoms with van der Waals surface area (Å²) < 4.78 is 5.28. The van der Waals surface area contributed by atoms with Crippen molar-refractivity contribution in [2.24, 2.45) is 11.5 Å². The summed E-state index contributed by atoms with van der Waals surface area (Å²) in [5, 5.41) is 75.8. The van der Waals surface area contributed by atoms with E-state index >= 15 is 0 Å². The summed E-state index contributed by atoms with van der Waals surface area (Å²) in [7, 11) is 0. The number of rotatable bonds is 26. The first-order valence-electron chi connectivity index (χ1n) is 28.2. The van der Waals surface area contributed by atoms with Crippen LogP contribution in [0.1, 0.15) is 103 Å². The number of nitrogens with two attached hydrogens (primary N) is 2. The Bertz CT molecular complexity index is 2440. The molecule has 32 heteroatoms. The highest BCUT2D eigenvalue weighted by Crippen LogP contribution is 2.13. The maximum absolute atomic E-state index is 14.4. The molecule has 1 aromatic rings. The summed E-state index contributed by atoms with van der Waals surface area (Å²) in [6, 6.07) is -6.67. The number of hydrogen-bond acceptors (Lipinski definition) is 17. The zero-order valence-corrected chi connectivity index (χ0v) is 48.8. The minimum atomic E-state index is -2.91. The maximum atomic E-state index is 14.4. The monoisotopic (exact) mass is 1230 g/mol. The number of aliphatic hydroxyl groups is 4. The molecule has 1 aromatic carbocycles.